The number of sulfone groups is 1. The highest BCUT2D eigenvalue weighted by Gasteiger charge is 2.20. The number of carbonyl (C=O) groups excluding carboxylic acids is 2. The molecule has 11 heteroatoms. The van der Waals surface area contributed by atoms with E-state index in [0.717, 1.165) is 36.6 Å². The Morgan fingerprint density at radius 1 is 1.11 bits per heavy atom. The fourth-order valence-corrected chi connectivity index (χ4v) is 2.81. The molecular formula is C16H14FN3O6S. The number of amides is 2. The number of rotatable bonds is 5. The van der Waals surface area contributed by atoms with E-state index in [1.54, 1.807) is 0 Å². The van der Waals surface area contributed by atoms with Crippen LogP contribution in [0.1, 0.15) is 17.3 Å². The fraction of sp³-hybridized carbons (Fsp3) is 0.125. The van der Waals surface area contributed by atoms with Crippen molar-refractivity contribution >= 4 is 38.7 Å². The number of nitro benzene ring substituents is 1. The van der Waals surface area contributed by atoms with Crippen LogP contribution >= 0.6 is 0 Å². The Balaban J connectivity index is 2.42. The normalized spacial score (nSPS) is 10.9. The Morgan fingerprint density at radius 3 is 2.33 bits per heavy atom. The minimum Gasteiger partial charge on any atom is -0.326 e. The summed E-state index contributed by atoms with van der Waals surface area (Å²) in [5.41, 5.74) is -1.02. The summed E-state index contributed by atoms with van der Waals surface area (Å²) in [5.74, 6) is -2.18. The van der Waals surface area contributed by atoms with Crippen molar-refractivity contribution in [3.8, 4) is 0 Å². The third kappa shape index (κ3) is 5.07. The summed E-state index contributed by atoms with van der Waals surface area (Å²) in [5, 5.41) is 15.6. The molecule has 0 fully saturated rings. The molecule has 142 valence electrons. The van der Waals surface area contributed by atoms with E-state index in [2.05, 4.69) is 10.6 Å². The summed E-state index contributed by atoms with van der Waals surface area (Å²) in [6.07, 6.45) is 0.838. The topological polar surface area (TPSA) is 135 Å². The lowest BCUT2D eigenvalue weighted by molar-refractivity contribution is -0.385. The van der Waals surface area contributed by atoms with Crippen LogP contribution in [0.25, 0.3) is 0 Å². The Labute approximate surface area is 153 Å². The van der Waals surface area contributed by atoms with E-state index in [9.17, 15) is 32.5 Å². The van der Waals surface area contributed by atoms with Gasteiger partial charge in [-0.3, -0.25) is 19.7 Å². The molecular weight excluding hydrogens is 381 g/mol. The summed E-state index contributed by atoms with van der Waals surface area (Å²) in [7, 11) is -3.82. The van der Waals surface area contributed by atoms with Crippen LogP contribution in [-0.4, -0.2) is 31.4 Å². The maximum Gasteiger partial charge on any atom is 0.271 e. The molecule has 0 radical (unpaired) electrons. The molecule has 27 heavy (non-hydrogen) atoms. The first-order valence-electron chi connectivity index (χ1n) is 7.35. The lowest BCUT2D eigenvalue weighted by Crippen LogP contribution is -2.15. The van der Waals surface area contributed by atoms with Crippen molar-refractivity contribution in [1.82, 2.24) is 0 Å². The van der Waals surface area contributed by atoms with Gasteiger partial charge in [-0.1, -0.05) is 0 Å². The highest BCUT2D eigenvalue weighted by atomic mass is 32.2. The number of anilines is 2. The van der Waals surface area contributed by atoms with E-state index < -0.39 is 43.0 Å². The number of nitrogens with zero attached hydrogens (tertiary/aromatic N) is 1. The maximum atomic E-state index is 13.9. The molecule has 0 aliphatic carbocycles. The van der Waals surface area contributed by atoms with Crippen LogP contribution in [-0.2, 0) is 14.6 Å². The first-order chi connectivity index (χ1) is 12.5. The number of hydrogen-bond donors (Lipinski definition) is 2. The van der Waals surface area contributed by atoms with Gasteiger partial charge in [0, 0.05) is 36.6 Å². The number of hydrogen-bond acceptors (Lipinski definition) is 6. The summed E-state index contributed by atoms with van der Waals surface area (Å²) in [6.45, 7) is 1.25. The van der Waals surface area contributed by atoms with E-state index in [4.69, 9.17) is 0 Å². The Hall–Kier alpha value is -3.34. The summed E-state index contributed by atoms with van der Waals surface area (Å²) in [4.78, 5) is 33.2. The number of benzene rings is 2. The molecule has 0 spiro atoms. The molecule has 0 aliphatic heterocycles. The average Bonchev–Trinajstić information content (AvgIpc) is 2.56. The van der Waals surface area contributed by atoms with Crippen molar-refractivity contribution in [2.24, 2.45) is 0 Å². The second-order valence-corrected chi connectivity index (χ2v) is 7.59. The van der Waals surface area contributed by atoms with Crippen molar-refractivity contribution < 1.29 is 27.3 Å². The SMILES string of the molecule is CC(=O)Nc1ccc(F)c(NC(=O)c2cc([N+](=O)[O-])cc(S(C)(=O)=O)c2)c1. The van der Waals surface area contributed by atoms with Crippen molar-refractivity contribution in [1.29, 1.82) is 0 Å². The standard InChI is InChI=1S/C16H14FN3O6S/c1-9(21)18-11-3-4-14(17)15(7-11)19-16(22)10-5-12(20(23)24)8-13(6-10)27(2,25)26/h3-8H,1-2H3,(H,18,21)(H,19,22). The third-order valence-electron chi connectivity index (χ3n) is 3.33. The van der Waals surface area contributed by atoms with Gasteiger partial charge in [-0.2, -0.15) is 0 Å². The molecule has 2 aromatic rings. The summed E-state index contributed by atoms with van der Waals surface area (Å²) in [6, 6.07) is 6.10. The van der Waals surface area contributed by atoms with Gasteiger partial charge in [0.05, 0.1) is 15.5 Å². The predicted octanol–water partition coefficient (Wildman–Crippen LogP) is 2.35. The second-order valence-electron chi connectivity index (χ2n) is 5.57. The van der Waals surface area contributed by atoms with E-state index in [0.29, 0.717) is 0 Å². The molecule has 0 saturated heterocycles. The largest absolute Gasteiger partial charge is 0.326 e. The Bertz CT molecular complexity index is 1050. The monoisotopic (exact) mass is 395 g/mol. The molecule has 2 aromatic carbocycles. The predicted molar refractivity (Wildman–Crippen MR) is 94.9 cm³/mol. The number of carbonyl (C=O) groups is 2. The van der Waals surface area contributed by atoms with E-state index >= 15 is 0 Å². The first kappa shape index (κ1) is 20.0. The van der Waals surface area contributed by atoms with Crippen LogP contribution < -0.4 is 10.6 Å². The van der Waals surface area contributed by atoms with Gasteiger partial charge in [0.25, 0.3) is 11.6 Å². The smallest absolute Gasteiger partial charge is 0.271 e. The molecule has 0 unspecified atom stereocenters. The van der Waals surface area contributed by atoms with Crippen LogP contribution in [0, 0.1) is 15.9 Å². The first-order valence-corrected chi connectivity index (χ1v) is 9.24. The van der Waals surface area contributed by atoms with Crippen molar-refractivity contribution in [3.05, 3.63) is 57.9 Å². The lowest BCUT2D eigenvalue weighted by atomic mass is 10.1. The van der Waals surface area contributed by atoms with Crippen LogP contribution in [0.3, 0.4) is 0 Å². The van der Waals surface area contributed by atoms with Crippen LogP contribution in [0.5, 0.6) is 0 Å². The molecule has 0 atom stereocenters. The van der Waals surface area contributed by atoms with Gasteiger partial charge >= 0.3 is 0 Å². The number of nitro groups is 1. The van der Waals surface area contributed by atoms with Crippen LogP contribution in [0.2, 0.25) is 0 Å². The van der Waals surface area contributed by atoms with Crippen molar-refractivity contribution in [2.75, 3.05) is 16.9 Å². The Kier molecular flexibility index (Phi) is 5.55. The zero-order chi connectivity index (χ0) is 20.4. The van der Waals surface area contributed by atoms with Gasteiger partial charge in [-0.05, 0) is 24.3 Å². The number of non-ortho nitro benzene ring substituents is 1. The van der Waals surface area contributed by atoms with Gasteiger partial charge in [0.1, 0.15) is 5.82 Å². The molecule has 0 aromatic heterocycles. The van der Waals surface area contributed by atoms with Crippen molar-refractivity contribution in [3.63, 3.8) is 0 Å². The molecule has 2 N–H and O–H groups in total. The minimum atomic E-state index is -3.82. The van der Waals surface area contributed by atoms with Gasteiger partial charge in [-0.25, -0.2) is 12.8 Å². The number of halogens is 1. The molecule has 0 saturated carbocycles. The number of nitrogens with one attached hydrogen (secondary N) is 2. The quantitative estimate of drug-likeness (QED) is 0.589. The molecule has 0 aliphatic rings. The highest BCUT2D eigenvalue weighted by molar-refractivity contribution is 7.90. The summed E-state index contributed by atoms with van der Waals surface area (Å²) >= 11 is 0. The molecule has 9 nitrogen and oxygen atoms in total. The van der Waals surface area contributed by atoms with Crippen LogP contribution in [0.15, 0.2) is 41.3 Å². The lowest BCUT2D eigenvalue weighted by Gasteiger charge is -2.10. The Morgan fingerprint density at radius 2 is 1.78 bits per heavy atom. The van der Waals surface area contributed by atoms with E-state index in [1.165, 1.54) is 13.0 Å². The highest BCUT2D eigenvalue weighted by Crippen LogP contribution is 2.24. The zero-order valence-electron chi connectivity index (χ0n) is 14.1. The molecule has 0 heterocycles. The van der Waals surface area contributed by atoms with Gasteiger partial charge in [0.15, 0.2) is 9.84 Å². The molecule has 2 rings (SSSR count). The molecule has 0 bridgehead atoms. The summed E-state index contributed by atoms with van der Waals surface area (Å²) < 4.78 is 37.3. The third-order valence-corrected chi connectivity index (χ3v) is 4.42. The van der Waals surface area contributed by atoms with Crippen LogP contribution in [0.4, 0.5) is 21.5 Å². The van der Waals surface area contributed by atoms with E-state index in [-0.39, 0.29) is 16.9 Å². The minimum absolute atomic E-state index is 0.218. The van der Waals surface area contributed by atoms with Gasteiger partial charge < -0.3 is 10.6 Å². The van der Waals surface area contributed by atoms with Gasteiger partial charge in [0.2, 0.25) is 5.91 Å². The average molecular weight is 395 g/mol. The fourth-order valence-electron chi connectivity index (χ4n) is 2.13. The second kappa shape index (κ2) is 7.50. The maximum absolute atomic E-state index is 13.9. The molecule has 2 amide bonds. The van der Waals surface area contributed by atoms with Crippen molar-refractivity contribution in [2.45, 2.75) is 11.8 Å². The van der Waals surface area contributed by atoms with E-state index in [1.807, 2.05) is 0 Å². The zero-order valence-corrected chi connectivity index (χ0v) is 15.0. The van der Waals surface area contributed by atoms with Gasteiger partial charge in [-0.15, -0.1) is 0 Å².